The summed E-state index contributed by atoms with van der Waals surface area (Å²) in [6.45, 7) is -0.862. The lowest BCUT2D eigenvalue weighted by Gasteiger charge is -2.31. The SMILES string of the molecule is CC[C@@]1(O)C(=O)OCc2c1cc1n(c2=O)Cc2c-1nc1cc(F)c(C)c3c1c2[C@@H](NC(=O)[C@@H](O)OCNC(=O)CNC(=O)[C@H](Cc1ccccc1)NC(=O)CNC(=O)CNC(=O)[C@H](CNC(CCC(=O)O)C(=O)O)N1C(=O)C=CC1=O)CC3. The number of nitrogens with one attached hydrogen (secondary N) is 7. The van der Waals surface area contributed by atoms with Gasteiger partial charge in [-0.2, -0.15) is 0 Å². The van der Waals surface area contributed by atoms with Gasteiger partial charge in [-0.1, -0.05) is 37.3 Å². The maximum absolute atomic E-state index is 15.4. The van der Waals surface area contributed by atoms with E-state index in [-0.39, 0.29) is 66.9 Å². The Morgan fingerprint density at radius 1 is 0.855 bits per heavy atom. The first-order chi connectivity index (χ1) is 39.5. The summed E-state index contributed by atoms with van der Waals surface area (Å²) in [6, 6.07) is 5.75. The molecule has 0 saturated carbocycles. The van der Waals surface area contributed by atoms with Gasteiger partial charge in [-0.3, -0.25) is 57.6 Å². The number of carboxylic acids is 2. The maximum atomic E-state index is 15.4. The molecule has 4 aliphatic rings. The van der Waals surface area contributed by atoms with Gasteiger partial charge in [0.15, 0.2) is 5.60 Å². The molecule has 438 valence electrons. The quantitative estimate of drug-likeness (QED) is 0.0161. The number of cyclic esters (lactones) is 1. The molecule has 5 heterocycles. The zero-order chi connectivity index (χ0) is 60.0. The first-order valence-electron chi connectivity index (χ1n) is 26.1. The van der Waals surface area contributed by atoms with Gasteiger partial charge in [-0.05, 0) is 60.9 Å². The van der Waals surface area contributed by atoms with Crippen molar-refractivity contribution in [2.45, 2.75) is 102 Å². The van der Waals surface area contributed by atoms with Crippen LogP contribution in [0, 0.1) is 12.7 Å². The second kappa shape index (κ2) is 25.2. The molecule has 1 unspecified atom stereocenters. The molecular weight excluding hydrogens is 1100 g/mol. The van der Waals surface area contributed by atoms with Crippen LogP contribution in [-0.4, -0.2) is 157 Å². The average Bonchev–Trinajstić information content (AvgIpc) is 3.80. The van der Waals surface area contributed by atoms with Crippen molar-refractivity contribution in [3.63, 3.8) is 0 Å². The molecule has 3 aliphatic heterocycles. The summed E-state index contributed by atoms with van der Waals surface area (Å²) in [5, 5.41) is 58.0. The van der Waals surface area contributed by atoms with E-state index in [2.05, 4.69) is 37.2 Å². The number of fused-ring (bicyclic) bond motifs is 5. The minimum Gasteiger partial charge on any atom is -0.481 e. The number of aliphatic carboxylic acids is 2. The molecule has 8 rings (SSSR count). The highest BCUT2D eigenvalue weighted by Gasteiger charge is 2.46. The van der Waals surface area contributed by atoms with Crippen LogP contribution < -0.4 is 42.8 Å². The zero-order valence-electron chi connectivity index (χ0n) is 44.5. The van der Waals surface area contributed by atoms with Crippen molar-refractivity contribution in [1.29, 1.82) is 0 Å². The Morgan fingerprint density at radius 2 is 1.53 bits per heavy atom. The molecule has 83 heavy (non-hydrogen) atoms. The summed E-state index contributed by atoms with van der Waals surface area (Å²) in [4.78, 5) is 159. The van der Waals surface area contributed by atoms with Crippen LogP contribution in [0.2, 0.25) is 0 Å². The molecule has 0 spiro atoms. The number of carbonyl (C=O) groups excluding carboxylic acids is 9. The van der Waals surface area contributed by atoms with Gasteiger partial charge in [-0.15, -0.1) is 0 Å². The third-order valence-corrected chi connectivity index (χ3v) is 14.6. The Hall–Kier alpha value is -9.32. The fourth-order valence-corrected chi connectivity index (χ4v) is 10.3. The van der Waals surface area contributed by atoms with Crippen molar-refractivity contribution in [1.82, 2.24) is 51.7 Å². The lowest BCUT2D eigenvalue weighted by Crippen LogP contribution is -2.57. The Balaban J connectivity index is 0.841. The number of rotatable bonds is 25. The Bertz CT molecular complexity index is 3440. The largest absolute Gasteiger partial charge is 0.481 e. The first kappa shape index (κ1) is 59.8. The van der Waals surface area contributed by atoms with E-state index in [0.29, 0.717) is 38.1 Å². The van der Waals surface area contributed by atoms with Crippen LogP contribution >= 0.6 is 0 Å². The summed E-state index contributed by atoms with van der Waals surface area (Å²) in [6.07, 6.45) is -1.09. The van der Waals surface area contributed by atoms with Gasteiger partial charge in [0, 0.05) is 54.1 Å². The molecule has 28 nitrogen and oxygen atoms in total. The van der Waals surface area contributed by atoms with Crippen LogP contribution in [0.15, 0.2) is 59.4 Å². The number of esters is 1. The van der Waals surface area contributed by atoms with Gasteiger partial charge in [0.05, 0.1) is 54.7 Å². The minimum absolute atomic E-state index is 0.0444. The highest BCUT2D eigenvalue weighted by atomic mass is 19.1. The molecule has 11 N–H and O–H groups in total. The van der Waals surface area contributed by atoms with Crippen LogP contribution in [0.1, 0.15) is 77.6 Å². The van der Waals surface area contributed by atoms with E-state index in [1.165, 1.54) is 16.7 Å². The highest BCUT2D eigenvalue weighted by Crippen LogP contribution is 2.46. The van der Waals surface area contributed by atoms with Crippen molar-refractivity contribution < 1.29 is 87.0 Å². The van der Waals surface area contributed by atoms with Crippen LogP contribution in [0.4, 0.5) is 4.39 Å². The molecule has 8 amide bonds. The number of carbonyl (C=O) groups is 11. The maximum Gasteiger partial charge on any atom is 0.343 e. The molecule has 6 atom stereocenters. The van der Waals surface area contributed by atoms with Gasteiger partial charge in [0.2, 0.25) is 35.8 Å². The second-order valence-corrected chi connectivity index (χ2v) is 19.8. The summed E-state index contributed by atoms with van der Waals surface area (Å²) in [5.74, 6) is -11.7. The van der Waals surface area contributed by atoms with Crippen LogP contribution in [0.25, 0.3) is 22.3 Å². The molecule has 0 radical (unpaired) electrons. The fourth-order valence-electron chi connectivity index (χ4n) is 10.3. The summed E-state index contributed by atoms with van der Waals surface area (Å²) >= 11 is 0. The number of aromatic nitrogens is 2. The summed E-state index contributed by atoms with van der Waals surface area (Å²) < 4.78 is 27.2. The predicted octanol–water partition coefficient (Wildman–Crippen LogP) is -2.68. The molecule has 0 saturated heterocycles. The van der Waals surface area contributed by atoms with E-state index in [9.17, 15) is 72.9 Å². The van der Waals surface area contributed by atoms with Gasteiger partial charge in [-0.25, -0.2) is 14.2 Å². The number of amides is 8. The highest BCUT2D eigenvalue weighted by molar-refractivity contribution is 6.15. The summed E-state index contributed by atoms with van der Waals surface area (Å²) in [7, 11) is 0. The van der Waals surface area contributed by atoms with Crippen molar-refractivity contribution in [2.75, 3.05) is 32.9 Å². The lowest BCUT2D eigenvalue weighted by atomic mass is 9.81. The molecule has 29 heteroatoms. The van der Waals surface area contributed by atoms with E-state index in [1.807, 2.05) is 0 Å². The van der Waals surface area contributed by atoms with Crippen molar-refractivity contribution in [3.05, 3.63) is 110 Å². The third-order valence-electron chi connectivity index (χ3n) is 14.6. The molecule has 2 aromatic heterocycles. The number of aryl methyl sites for hydroxylation is 1. The van der Waals surface area contributed by atoms with Crippen molar-refractivity contribution in [3.8, 4) is 11.4 Å². The predicted molar refractivity (Wildman–Crippen MR) is 281 cm³/mol. The van der Waals surface area contributed by atoms with Gasteiger partial charge in [0.25, 0.3) is 23.3 Å². The van der Waals surface area contributed by atoms with Crippen molar-refractivity contribution >= 4 is 76.1 Å². The van der Waals surface area contributed by atoms with Gasteiger partial charge < -0.3 is 71.7 Å². The Kier molecular flexibility index (Phi) is 18.2. The van der Waals surface area contributed by atoms with Crippen LogP contribution in [-0.2, 0) is 93.8 Å². The van der Waals surface area contributed by atoms with E-state index in [0.717, 1.165) is 12.2 Å². The smallest absolute Gasteiger partial charge is 0.343 e. The van der Waals surface area contributed by atoms with Crippen molar-refractivity contribution in [2.24, 2.45) is 0 Å². The monoisotopic (exact) mass is 1150 g/mol. The van der Waals surface area contributed by atoms with Gasteiger partial charge in [0.1, 0.15) is 37.3 Å². The number of pyridine rings is 2. The van der Waals surface area contributed by atoms with E-state index in [4.69, 9.17) is 19.6 Å². The number of ether oxygens (including phenoxy) is 2. The number of aliphatic hydroxyl groups excluding tert-OH is 1. The van der Waals surface area contributed by atoms with Gasteiger partial charge >= 0.3 is 17.9 Å². The molecule has 2 aromatic carbocycles. The summed E-state index contributed by atoms with van der Waals surface area (Å²) in [5.41, 5.74) is 0.816. The second-order valence-electron chi connectivity index (χ2n) is 19.8. The minimum atomic E-state index is -2.16. The van der Waals surface area contributed by atoms with E-state index in [1.54, 1.807) is 44.2 Å². The number of halogens is 1. The fraction of sp³-hybridized carbons (Fsp3) is 0.389. The Labute approximate surface area is 469 Å². The number of nitrogens with zero attached hydrogens (tertiary/aromatic N) is 3. The van der Waals surface area contributed by atoms with Crippen LogP contribution in [0.3, 0.4) is 0 Å². The molecule has 0 bridgehead atoms. The average molecular weight is 1150 g/mol. The molecular formula is C54H57FN10O18. The topological polar surface area (TPSA) is 409 Å². The molecule has 1 aliphatic carbocycles. The van der Waals surface area contributed by atoms with E-state index < -0.39 is 158 Å². The number of aliphatic hydroxyl groups is 2. The molecule has 4 aromatic rings. The molecule has 0 fully saturated rings. The number of imide groups is 1. The normalized spacial score (nSPS) is 17.9. The first-order valence-corrected chi connectivity index (χ1v) is 26.1. The number of carboxylic acid groups (broad SMARTS) is 2. The number of hydrogen-bond acceptors (Lipinski definition) is 18. The number of hydrogen-bond donors (Lipinski definition) is 11. The lowest BCUT2D eigenvalue weighted by molar-refractivity contribution is -0.172. The Morgan fingerprint density at radius 3 is 2.20 bits per heavy atom. The third kappa shape index (κ3) is 12.9. The van der Waals surface area contributed by atoms with E-state index >= 15 is 4.39 Å². The standard InChI is InChI=1S/C54H57FN10O18/c1-3-54(81)30-16-36-46-28(22-64(36)50(76)29(30)23-82-53(54)80)45-32(10-9-27-25(2)31(55)17-34(62-46)44(27)45)63-49(75)52(79)83-24-60-39(67)20-58-47(73)35(15-26-7-5-4-6-8-26)61-40(68)21-57-38(66)19-59-48(74)37(65-41(69)12-13-42(65)70)18-56-33(51(77)78)11-14-43(71)72/h4-8,12-13,16-17,32-33,35,37,52,56,79,81H,3,9-11,14-15,18-24H2,1-2H3,(H,57,66)(H,58,73)(H,59,74)(H,60,67)(H,61,68)(H,63,75)(H,71,72)(H,77,78)/t32-,33?,35-,37-,52-,54-/m0/s1. The number of benzene rings is 2. The van der Waals surface area contributed by atoms with Crippen LogP contribution in [0.5, 0.6) is 0 Å². The zero-order valence-corrected chi connectivity index (χ0v) is 44.5.